The molecule has 3 aromatic carbocycles. The lowest BCUT2D eigenvalue weighted by Gasteiger charge is -2.06. The molecule has 3 atom stereocenters. The summed E-state index contributed by atoms with van der Waals surface area (Å²) in [6.07, 6.45) is 0. The number of hydrogen-bond donors (Lipinski definition) is 0. The maximum Gasteiger partial charge on any atom is 0.244 e. The standard InChI is InChI=1S/C21H17NO3S/c23-21(17-12-6-2-7-13-17)20-19(16-10-4-1-5-11-16)22(20)26(24,25)18-14-8-3-9-15-18/h1-15,19-20H. The highest BCUT2D eigenvalue weighted by Crippen LogP contribution is 2.48. The van der Waals surface area contributed by atoms with E-state index in [-0.39, 0.29) is 10.7 Å². The van der Waals surface area contributed by atoms with Crippen LogP contribution in [0.5, 0.6) is 0 Å². The molecule has 0 bridgehead atoms. The summed E-state index contributed by atoms with van der Waals surface area (Å²) in [6, 6.07) is 25.2. The van der Waals surface area contributed by atoms with Crippen LogP contribution in [0.15, 0.2) is 95.9 Å². The Hall–Kier alpha value is -2.76. The second kappa shape index (κ2) is 6.52. The van der Waals surface area contributed by atoms with Gasteiger partial charge in [0.25, 0.3) is 0 Å². The lowest BCUT2D eigenvalue weighted by molar-refractivity contribution is 0.0981. The van der Waals surface area contributed by atoms with Gasteiger partial charge in [-0.25, -0.2) is 8.42 Å². The van der Waals surface area contributed by atoms with E-state index in [0.717, 1.165) is 5.56 Å². The molecule has 0 aliphatic carbocycles. The van der Waals surface area contributed by atoms with Gasteiger partial charge in [0.2, 0.25) is 10.0 Å². The maximum absolute atomic E-state index is 13.1. The van der Waals surface area contributed by atoms with E-state index in [1.54, 1.807) is 54.6 Å². The highest BCUT2D eigenvalue weighted by molar-refractivity contribution is 7.89. The Kier molecular flexibility index (Phi) is 4.18. The molecule has 0 saturated carbocycles. The molecule has 4 nitrogen and oxygen atoms in total. The first-order chi connectivity index (χ1) is 12.6. The molecule has 3 unspecified atom stereocenters. The van der Waals surface area contributed by atoms with Crippen molar-refractivity contribution in [2.24, 2.45) is 0 Å². The van der Waals surface area contributed by atoms with Crippen molar-refractivity contribution in [2.75, 3.05) is 0 Å². The molecule has 1 saturated heterocycles. The van der Waals surface area contributed by atoms with Gasteiger partial charge < -0.3 is 0 Å². The summed E-state index contributed by atoms with van der Waals surface area (Å²) in [7, 11) is -3.75. The Morgan fingerprint density at radius 2 is 1.23 bits per heavy atom. The molecule has 1 aliphatic heterocycles. The van der Waals surface area contributed by atoms with Crippen LogP contribution in [-0.4, -0.2) is 24.5 Å². The summed E-state index contributed by atoms with van der Waals surface area (Å²) >= 11 is 0. The first kappa shape index (κ1) is 16.7. The van der Waals surface area contributed by atoms with E-state index in [1.165, 1.54) is 4.31 Å². The minimum atomic E-state index is -3.75. The minimum Gasteiger partial charge on any atom is -0.292 e. The van der Waals surface area contributed by atoms with E-state index in [9.17, 15) is 13.2 Å². The van der Waals surface area contributed by atoms with Crippen LogP contribution in [0.2, 0.25) is 0 Å². The molecule has 26 heavy (non-hydrogen) atoms. The van der Waals surface area contributed by atoms with E-state index in [1.807, 2.05) is 36.4 Å². The average Bonchev–Trinajstić information content (AvgIpc) is 3.46. The molecule has 1 aliphatic rings. The number of Topliss-reactive ketones (excluding diaryl/α,β-unsaturated/α-hetero) is 1. The average molecular weight is 363 g/mol. The molecule has 130 valence electrons. The molecule has 4 rings (SSSR count). The molecule has 0 N–H and O–H groups in total. The molecule has 0 radical (unpaired) electrons. The van der Waals surface area contributed by atoms with E-state index in [4.69, 9.17) is 0 Å². The van der Waals surface area contributed by atoms with Gasteiger partial charge in [-0.05, 0) is 17.7 Å². The minimum absolute atomic E-state index is 0.182. The van der Waals surface area contributed by atoms with Crippen LogP contribution < -0.4 is 0 Å². The van der Waals surface area contributed by atoms with Crippen LogP contribution >= 0.6 is 0 Å². The highest BCUT2D eigenvalue weighted by Gasteiger charge is 2.60. The van der Waals surface area contributed by atoms with Crippen LogP contribution in [0.1, 0.15) is 22.0 Å². The van der Waals surface area contributed by atoms with E-state index < -0.39 is 22.1 Å². The van der Waals surface area contributed by atoms with Crippen LogP contribution in [0.4, 0.5) is 0 Å². The zero-order chi connectivity index (χ0) is 18.1. The Morgan fingerprint density at radius 3 is 1.81 bits per heavy atom. The first-order valence-electron chi connectivity index (χ1n) is 8.33. The van der Waals surface area contributed by atoms with Crippen molar-refractivity contribution in [1.82, 2.24) is 4.31 Å². The van der Waals surface area contributed by atoms with Crippen LogP contribution in [0, 0.1) is 0 Å². The highest BCUT2D eigenvalue weighted by atomic mass is 32.2. The van der Waals surface area contributed by atoms with Gasteiger partial charge in [-0.15, -0.1) is 0 Å². The molecular formula is C21H17NO3S. The third-order valence-corrected chi connectivity index (χ3v) is 6.42. The van der Waals surface area contributed by atoms with Crippen molar-refractivity contribution < 1.29 is 13.2 Å². The quantitative estimate of drug-likeness (QED) is 0.513. The maximum atomic E-state index is 13.1. The smallest absolute Gasteiger partial charge is 0.244 e. The van der Waals surface area contributed by atoms with Crippen molar-refractivity contribution in [3.8, 4) is 0 Å². The SMILES string of the molecule is O=C(c1ccccc1)C1C(c2ccccc2)N1S(=O)(=O)c1ccccc1. The predicted molar refractivity (Wildman–Crippen MR) is 99.2 cm³/mol. The van der Waals surface area contributed by atoms with E-state index in [0.29, 0.717) is 5.56 Å². The summed E-state index contributed by atoms with van der Waals surface area (Å²) < 4.78 is 27.5. The number of carbonyl (C=O) groups excluding carboxylic acids is 1. The molecule has 0 aromatic heterocycles. The monoisotopic (exact) mass is 363 g/mol. The van der Waals surface area contributed by atoms with Gasteiger partial charge in [0.1, 0.15) is 6.04 Å². The zero-order valence-corrected chi connectivity index (χ0v) is 14.7. The Morgan fingerprint density at radius 1 is 0.731 bits per heavy atom. The normalized spacial score (nSPS) is 21.9. The number of carbonyl (C=O) groups is 1. The van der Waals surface area contributed by atoms with Crippen molar-refractivity contribution >= 4 is 15.8 Å². The topological polar surface area (TPSA) is 54.2 Å². The van der Waals surface area contributed by atoms with Crippen molar-refractivity contribution in [3.63, 3.8) is 0 Å². The predicted octanol–water partition coefficient (Wildman–Crippen LogP) is 3.68. The summed E-state index contributed by atoms with van der Waals surface area (Å²) in [4.78, 5) is 13.2. The van der Waals surface area contributed by atoms with Crippen molar-refractivity contribution in [2.45, 2.75) is 17.0 Å². The third kappa shape index (κ3) is 2.85. The summed E-state index contributed by atoms with van der Waals surface area (Å²) in [5.74, 6) is -0.182. The molecule has 1 fully saturated rings. The number of nitrogens with zero attached hydrogens (tertiary/aromatic N) is 1. The summed E-state index contributed by atoms with van der Waals surface area (Å²) in [5, 5.41) is 0. The number of rotatable bonds is 5. The number of ketones is 1. The third-order valence-electron chi connectivity index (χ3n) is 4.54. The van der Waals surface area contributed by atoms with Gasteiger partial charge in [-0.1, -0.05) is 78.9 Å². The fraction of sp³-hybridized carbons (Fsp3) is 0.0952. The van der Waals surface area contributed by atoms with Crippen molar-refractivity contribution in [3.05, 3.63) is 102 Å². The lowest BCUT2D eigenvalue weighted by atomic mass is 10.0. The van der Waals surface area contributed by atoms with Crippen LogP contribution in [-0.2, 0) is 10.0 Å². The largest absolute Gasteiger partial charge is 0.292 e. The Bertz CT molecular complexity index is 1020. The zero-order valence-electron chi connectivity index (χ0n) is 13.9. The molecule has 1 heterocycles. The van der Waals surface area contributed by atoms with E-state index in [2.05, 4.69) is 0 Å². The Balaban J connectivity index is 1.75. The molecule has 0 spiro atoms. The van der Waals surface area contributed by atoms with Gasteiger partial charge in [-0.3, -0.25) is 4.79 Å². The molecule has 0 amide bonds. The first-order valence-corrected chi connectivity index (χ1v) is 9.77. The van der Waals surface area contributed by atoms with Gasteiger partial charge in [0.15, 0.2) is 5.78 Å². The number of benzene rings is 3. The summed E-state index contributed by atoms with van der Waals surface area (Å²) in [6.45, 7) is 0. The lowest BCUT2D eigenvalue weighted by Crippen LogP contribution is -2.19. The fourth-order valence-corrected chi connectivity index (χ4v) is 4.97. The van der Waals surface area contributed by atoms with Gasteiger partial charge in [0.05, 0.1) is 10.9 Å². The number of hydrogen-bond acceptors (Lipinski definition) is 3. The Labute approximate surface area is 152 Å². The van der Waals surface area contributed by atoms with Gasteiger partial charge in [-0.2, -0.15) is 4.31 Å². The van der Waals surface area contributed by atoms with Crippen molar-refractivity contribution in [1.29, 1.82) is 0 Å². The van der Waals surface area contributed by atoms with Gasteiger partial charge in [0, 0.05) is 5.56 Å². The van der Waals surface area contributed by atoms with Crippen LogP contribution in [0.3, 0.4) is 0 Å². The van der Waals surface area contributed by atoms with E-state index >= 15 is 0 Å². The van der Waals surface area contributed by atoms with Gasteiger partial charge >= 0.3 is 0 Å². The molecular weight excluding hydrogens is 346 g/mol. The molecule has 5 heteroatoms. The second-order valence-corrected chi connectivity index (χ2v) is 8.02. The number of sulfonamides is 1. The summed E-state index contributed by atoms with van der Waals surface area (Å²) in [5.41, 5.74) is 1.34. The fourth-order valence-electron chi connectivity index (χ4n) is 3.24. The van der Waals surface area contributed by atoms with Crippen LogP contribution in [0.25, 0.3) is 0 Å². The molecule has 3 aromatic rings. The second-order valence-electron chi connectivity index (χ2n) is 6.18.